The Morgan fingerprint density at radius 2 is 1.82 bits per heavy atom. The average molecular weight is 448 g/mol. The minimum absolute atomic E-state index is 0.0113. The average Bonchev–Trinajstić information content (AvgIpc) is 3.20. The van der Waals surface area contributed by atoms with Crippen molar-refractivity contribution in [2.24, 2.45) is 0 Å². The van der Waals surface area contributed by atoms with E-state index in [0.29, 0.717) is 42.9 Å². The van der Waals surface area contributed by atoms with Crippen LogP contribution in [0.25, 0.3) is 5.69 Å². The van der Waals surface area contributed by atoms with Crippen molar-refractivity contribution in [1.82, 2.24) is 25.2 Å². The monoisotopic (exact) mass is 448 g/mol. The van der Waals surface area contributed by atoms with Crippen molar-refractivity contribution in [3.63, 3.8) is 0 Å². The first kappa shape index (κ1) is 22.1. The van der Waals surface area contributed by atoms with E-state index in [1.54, 1.807) is 30.0 Å². The number of aromatic nitrogens is 3. The van der Waals surface area contributed by atoms with Gasteiger partial charge in [-0.3, -0.25) is 19.7 Å². The lowest BCUT2D eigenvalue weighted by atomic mass is 10.0. The number of nitro groups is 1. The number of nitrogens with zero attached hydrogens (tertiary/aromatic N) is 5. The van der Waals surface area contributed by atoms with Crippen molar-refractivity contribution < 1.29 is 14.5 Å². The van der Waals surface area contributed by atoms with E-state index < -0.39 is 4.92 Å². The van der Waals surface area contributed by atoms with Gasteiger partial charge < -0.3 is 10.2 Å². The summed E-state index contributed by atoms with van der Waals surface area (Å²) < 4.78 is 1.43. The van der Waals surface area contributed by atoms with Gasteiger partial charge >= 0.3 is 0 Å². The zero-order chi connectivity index (χ0) is 23.5. The summed E-state index contributed by atoms with van der Waals surface area (Å²) >= 11 is 0. The first-order chi connectivity index (χ1) is 15.8. The summed E-state index contributed by atoms with van der Waals surface area (Å²) in [6.07, 6.45) is 1.28. The smallest absolute Gasteiger partial charge is 0.276 e. The van der Waals surface area contributed by atoms with Gasteiger partial charge in [-0.25, -0.2) is 4.68 Å². The molecule has 0 unspecified atom stereocenters. The van der Waals surface area contributed by atoms with Crippen molar-refractivity contribution in [1.29, 1.82) is 0 Å². The lowest BCUT2D eigenvalue weighted by Crippen LogP contribution is -2.46. The zero-order valence-corrected chi connectivity index (χ0v) is 18.4. The Kier molecular flexibility index (Phi) is 6.16. The Balaban J connectivity index is 1.40. The Bertz CT molecular complexity index is 1210. The maximum absolute atomic E-state index is 13.0. The highest BCUT2D eigenvalue weighted by Crippen LogP contribution is 2.20. The van der Waals surface area contributed by atoms with Crippen LogP contribution in [0.15, 0.2) is 48.5 Å². The fraction of sp³-hybridized carbons (Fsp3) is 0.304. The van der Waals surface area contributed by atoms with Crippen molar-refractivity contribution in [3.05, 3.63) is 81.2 Å². The summed E-state index contributed by atoms with van der Waals surface area (Å²) in [5.74, 6) is -0.346. The molecule has 1 saturated heterocycles. The molecule has 1 fully saturated rings. The highest BCUT2D eigenvalue weighted by Gasteiger charge is 2.28. The van der Waals surface area contributed by atoms with Crippen LogP contribution in [-0.2, 0) is 0 Å². The largest absolute Gasteiger partial charge is 0.349 e. The highest BCUT2D eigenvalue weighted by atomic mass is 16.6. The number of benzene rings is 2. The summed E-state index contributed by atoms with van der Waals surface area (Å²) in [4.78, 5) is 37.9. The van der Waals surface area contributed by atoms with Gasteiger partial charge in [0.05, 0.1) is 16.3 Å². The van der Waals surface area contributed by atoms with E-state index >= 15 is 0 Å². The van der Waals surface area contributed by atoms with Crippen LogP contribution in [0.5, 0.6) is 0 Å². The first-order valence-corrected chi connectivity index (χ1v) is 10.7. The number of carbonyl (C=O) groups is 2. The van der Waals surface area contributed by atoms with Gasteiger partial charge in [0.15, 0.2) is 5.69 Å². The third kappa shape index (κ3) is 4.59. The summed E-state index contributed by atoms with van der Waals surface area (Å²) in [6.45, 7) is 4.59. The maximum Gasteiger partial charge on any atom is 0.276 e. The summed E-state index contributed by atoms with van der Waals surface area (Å²) in [5, 5.41) is 22.2. The van der Waals surface area contributed by atoms with E-state index in [-0.39, 0.29) is 29.2 Å². The van der Waals surface area contributed by atoms with Gasteiger partial charge in [0.2, 0.25) is 0 Å². The Morgan fingerprint density at radius 1 is 1.09 bits per heavy atom. The van der Waals surface area contributed by atoms with Crippen LogP contribution in [0.1, 0.15) is 44.9 Å². The number of likely N-dealkylation sites (tertiary alicyclic amines) is 1. The molecule has 10 nitrogen and oxygen atoms in total. The predicted molar refractivity (Wildman–Crippen MR) is 120 cm³/mol. The number of nitrogens with one attached hydrogen (secondary N) is 1. The van der Waals surface area contributed by atoms with Gasteiger partial charge in [0, 0.05) is 36.8 Å². The second-order valence-corrected chi connectivity index (χ2v) is 8.07. The van der Waals surface area contributed by atoms with Gasteiger partial charge in [-0.05, 0) is 44.4 Å². The Hall–Kier alpha value is -4.08. The molecule has 10 heteroatoms. The Morgan fingerprint density at radius 3 is 2.52 bits per heavy atom. The van der Waals surface area contributed by atoms with Crippen LogP contribution in [0.4, 0.5) is 5.69 Å². The molecule has 2 aromatic carbocycles. The molecule has 3 aromatic rings. The van der Waals surface area contributed by atoms with Gasteiger partial charge in [-0.15, -0.1) is 5.10 Å². The van der Waals surface area contributed by atoms with Crippen molar-refractivity contribution in [2.75, 3.05) is 13.1 Å². The topological polar surface area (TPSA) is 123 Å². The number of rotatable bonds is 5. The molecule has 1 N–H and O–H groups in total. The second kappa shape index (κ2) is 9.19. The van der Waals surface area contributed by atoms with Gasteiger partial charge in [-0.1, -0.05) is 29.5 Å². The molecule has 0 bridgehead atoms. The van der Waals surface area contributed by atoms with E-state index in [0.717, 1.165) is 5.56 Å². The fourth-order valence-corrected chi connectivity index (χ4v) is 3.98. The zero-order valence-electron chi connectivity index (χ0n) is 18.4. The van der Waals surface area contributed by atoms with E-state index in [2.05, 4.69) is 15.6 Å². The van der Waals surface area contributed by atoms with Crippen molar-refractivity contribution >= 4 is 17.5 Å². The van der Waals surface area contributed by atoms with Gasteiger partial charge in [0.1, 0.15) is 0 Å². The van der Waals surface area contributed by atoms with Gasteiger partial charge in [-0.2, -0.15) is 0 Å². The molecular formula is C23H24N6O4. The summed E-state index contributed by atoms with van der Waals surface area (Å²) in [5.41, 5.74) is 2.70. The molecule has 0 saturated carbocycles. The third-order valence-corrected chi connectivity index (χ3v) is 5.89. The number of piperidine rings is 1. The molecule has 0 atom stereocenters. The molecule has 0 aliphatic carbocycles. The van der Waals surface area contributed by atoms with E-state index in [9.17, 15) is 19.7 Å². The van der Waals surface area contributed by atoms with E-state index in [4.69, 9.17) is 0 Å². The minimum atomic E-state index is -0.482. The second-order valence-electron chi connectivity index (χ2n) is 8.07. The van der Waals surface area contributed by atoms with Crippen LogP contribution >= 0.6 is 0 Å². The quantitative estimate of drug-likeness (QED) is 0.473. The number of carbonyl (C=O) groups excluding carboxylic acids is 2. The Labute approximate surface area is 190 Å². The first-order valence-electron chi connectivity index (χ1n) is 10.7. The molecule has 1 aliphatic rings. The number of hydrogen-bond donors (Lipinski definition) is 1. The number of nitro benzene ring substituents is 1. The van der Waals surface area contributed by atoms with E-state index in [1.165, 1.54) is 16.8 Å². The van der Waals surface area contributed by atoms with Crippen LogP contribution in [0.2, 0.25) is 0 Å². The summed E-state index contributed by atoms with van der Waals surface area (Å²) in [7, 11) is 0. The standard InChI is InChI=1S/C23H24N6O4/c1-15-6-3-4-9-20(15)22(30)24-17-10-12-27(13-11-17)23(31)21-16(2)28(26-25-21)18-7-5-8-19(14-18)29(32)33/h3-9,14,17H,10-13H2,1-2H3,(H,24,30). The molecular weight excluding hydrogens is 424 g/mol. The lowest BCUT2D eigenvalue weighted by Gasteiger charge is -2.32. The molecule has 4 rings (SSSR count). The lowest BCUT2D eigenvalue weighted by molar-refractivity contribution is -0.384. The third-order valence-electron chi connectivity index (χ3n) is 5.89. The number of hydrogen-bond acceptors (Lipinski definition) is 6. The maximum atomic E-state index is 13.0. The number of amides is 2. The SMILES string of the molecule is Cc1ccccc1C(=O)NC1CCN(C(=O)c2nnn(-c3cccc([N+](=O)[O-])c3)c2C)CC1. The van der Waals surface area contributed by atoms with Crippen LogP contribution < -0.4 is 5.32 Å². The predicted octanol–water partition coefficient (Wildman–Crippen LogP) is 2.83. The normalized spacial score (nSPS) is 14.2. The molecule has 0 radical (unpaired) electrons. The van der Waals surface area contributed by atoms with Crippen molar-refractivity contribution in [3.8, 4) is 5.69 Å². The molecule has 1 aliphatic heterocycles. The molecule has 2 amide bonds. The molecule has 33 heavy (non-hydrogen) atoms. The molecule has 2 heterocycles. The minimum Gasteiger partial charge on any atom is -0.349 e. The van der Waals surface area contributed by atoms with Crippen molar-refractivity contribution in [2.45, 2.75) is 32.7 Å². The van der Waals surface area contributed by atoms with Crippen LogP contribution in [-0.4, -0.2) is 55.8 Å². The molecule has 170 valence electrons. The fourth-order valence-electron chi connectivity index (χ4n) is 3.98. The van der Waals surface area contributed by atoms with Gasteiger partial charge in [0.25, 0.3) is 17.5 Å². The van der Waals surface area contributed by atoms with Crippen LogP contribution in [0, 0.1) is 24.0 Å². The number of aryl methyl sites for hydroxylation is 1. The molecule has 0 spiro atoms. The number of non-ortho nitro benzene ring substituents is 1. The summed E-state index contributed by atoms with van der Waals surface area (Å²) in [6, 6.07) is 13.4. The van der Waals surface area contributed by atoms with Crippen LogP contribution in [0.3, 0.4) is 0 Å². The van der Waals surface area contributed by atoms with E-state index in [1.807, 2.05) is 25.1 Å². The highest BCUT2D eigenvalue weighted by molar-refractivity contribution is 5.96. The molecule has 1 aromatic heterocycles.